The molecule has 20 heavy (non-hydrogen) atoms. The Labute approximate surface area is 112 Å². The highest BCUT2D eigenvalue weighted by atomic mass is 19.4. The molecule has 0 aliphatic heterocycles. The van der Waals surface area contributed by atoms with E-state index in [2.05, 4.69) is 0 Å². The summed E-state index contributed by atoms with van der Waals surface area (Å²) in [5.74, 6) is -0.0427. The summed E-state index contributed by atoms with van der Waals surface area (Å²) in [5, 5.41) is 0. The molecule has 1 aromatic carbocycles. The summed E-state index contributed by atoms with van der Waals surface area (Å²) < 4.78 is 75.8. The molecule has 0 fully saturated rings. The molecule has 7 heteroatoms. The van der Waals surface area contributed by atoms with Crippen molar-refractivity contribution in [2.45, 2.75) is 38.7 Å². The van der Waals surface area contributed by atoms with Crippen LogP contribution in [0, 0.1) is 5.92 Å². The Morgan fingerprint density at radius 1 is 0.900 bits per heavy atom. The Kier molecular flexibility index (Phi) is 4.74. The maximum absolute atomic E-state index is 12.6. The first-order chi connectivity index (χ1) is 8.91. The van der Waals surface area contributed by atoms with Crippen LogP contribution in [0.2, 0.25) is 0 Å². The fourth-order valence-electron chi connectivity index (χ4n) is 1.65. The molecule has 0 aliphatic carbocycles. The van der Waals surface area contributed by atoms with Gasteiger partial charge in [-0.05, 0) is 36.1 Å². The largest absolute Gasteiger partial charge is 0.416 e. The van der Waals surface area contributed by atoms with Crippen LogP contribution in [0.5, 0.6) is 0 Å². The number of alkyl halides is 6. The van der Waals surface area contributed by atoms with Crippen LogP contribution in [-0.2, 0) is 18.8 Å². The van der Waals surface area contributed by atoms with E-state index in [1.54, 1.807) is 13.8 Å². The monoisotopic (exact) mass is 299 g/mol. The van der Waals surface area contributed by atoms with Crippen molar-refractivity contribution in [3.63, 3.8) is 0 Å². The zero-order valence-electron chi connectivity index (χ0n) is 10.9. The minimum atomic E-state index is -4.82. The second-order valence-corrected chi connectivity index (χ2v) is 5.03. The molecule has 1 aromatic rings. The molecule has 0 amide bonds. The highest BCUT2D eigenvalue weighted by Gasteiger charge is 2.36. The van der Waals surface area contributed by atoms with Crippen molar-refractivity contribution in [2.24, 2.45) is 11.7 Å². The van der Waals surface area contributed by atoms with E-state index in [0.717, 1.165) is 12.1 Å². The standard InChI is InChI=1S/C13H15F6N/c1-7(2)11(20)5-8-3-9(12(14,15)16)6-10(4-8)13(17,18)19/h3-4,6-7,11H,5,20H2,1-2H3. The van der Waals surface area contributed by atoms with Gasteiger partial charge in [0.1, 0.15) is 0 Å². The molecular weight excluding hydrogens is 284 g/mol. The van der Waals surface area contributed by atoms with Gasteiger partial charge < -0.3 is 5.73 Å². The third-order valence-electron chi connectivity index (χ3n) is 2.98. The summed E-state index contributed by atoms with van der Waals surface area (Å²) in [7, 11) is 0. The first-order valence-corrected chi connectivity index (χ1v) is 5.95. The van der Waals surface area contributed by atoms with Gasteiger partial charge in [-0.25, -0.2) is 0 Å². The van der Waals surface area contributed by atoms with Gasteiger partial charge in [0, 0.05) is 6.04 Å². The summed E-state index contributed by atoms with van der Waals surface area (Å²) in [6.45, 7) is 3.51. The molecule has 0 aromatic heterocycles. The van der Waals surface area contributed by atoms with E-state index in [1.807, 2.05) is 0 Å². The summed E-state index contributed by atoms with van der Waals surface area (Å²) in [4.78, 5) is 0. The Balaban J connectivity index is 3.24. The smallest absolute Gasteiger partial charge is 0.327 e. The van der Waals surface area contributed by atoms with Crippen molar-refractivity contribution < 1.29 is 26.3 Å². The summed E-state index contributed by atoms with van der Waals surface area (Å²) in [6, 6.07) is 1.05. The van der Waals surface area contributed by atoms with Crippen LogP contribution in [0.25, 0.3) is 0 Å². The molecule has 1 unspecified atom stereocenters. The second kappa shape index (κ2) is 5.63. The van der Waals surface area contributed by atoms with Gasteiger partial charge in [-0.2, -0.15) is 26.3 Å². The highest BCUT2D eigenvalue weighted by Crippen LogP contribution is 2.36. The predicted octanol–water partition coefficient (Wildman–Crippen LogP) is 4.25. The predicted molar refractivity (Wildman–Crippen MR) is 63.0 cm³/mol. The van der Waals surface area contributed by atoms with Crippen LogP contribution in [0.4, 0.5) is 26.3 Å². The maximum Gasteiger partial charge on any atom is 0.416 e. The van der Waals surface area contributed by atoms with Crippen LogP contribution in [0.1, 0.15) is 30.5 Å². The van der Waals surface area contributed by atoms with Crippen molar-refractivity contribution in [2.75, 3.05) is 0 Å². The molecule has 0 aliphatic rings. The van der Waals surface area contributed by atoms with Crippen molar-refractivity contribution in [3.05, 3.63) is 34.9 Å². The first kappa shape index (κ1) is 16.8. The molecule has 0 radical (unpaired) electrons. The zero-order chi connectivity index (χ0) is 15.7. The van der Waals surface area contributed by atoms with Gasteiger partial charge in [0.05, 0.1) is 11.1 Å². The Morgan fingerprint density at radius 3 is 1.60 bits per heavy atom. The molecule has 1 rings (SSSR count). The topological polar surface area (TPSA) is 26.0 Å². The quantitative estimate of drug-likeness (QED) is 0.830. The average molecular weight is 299 g/mol. The number of halogens is 6. The van der Waals surface area contributed by atoms with Crippen molar-refractivity contribution >= 4 is 0 Å². The van der Waals surface area contributed by atoms with Crippen molar-refractivity contribution in [1.29, 1.82) is 0 Å². The zero-order valence-corrected chi connectivity index (χ0v) is 10.9. The highest BCUT2D eigenvalue weighted by molar-refractivity contribution is 5.34. The van der Waals surface area contributed by atoms with E-state index in [1.165, 1.54) is 0 Å². The van der Waals surface area contributed by atoms with Crippen molar-refractivity contribution in [1.82, 2.24) is 0 Å². The molecular formula is C13H15F6N. The molecule has 1 nitrogen and oxygen atoms in total. The first-order valence-electron chi connectivity index (χ1n) is 5.95. The van der Waals surface area contributed by atoms with Gasteiger partial charge in [-0.3, -0.25) is 0 Å². The number of nitrogens with two attached hydrogens (primary N) is 1. The molecule has 2 N–H and O–H groups in total. The van der Waals surface area contributed by atoms with Crippen LogP contribution in [-0.4, -0.2) is 6.04 Å². The van der Waals surface area contributed by atoms with E-state index < -0.39 is 29.5 Å². The Hall–Kier alpha value is -1.24. The van der Waals surface area contributed by atoms with E-state index in [0.29, 0.717) is 0 Å². The Bertz CT molecular complexity index is 429. The number of hydrogen-bond acceptors (Lipinski definition) is 1. The summed E-state index contributed by atoms with van der Waals surface area (Å²) in [5.41, 5.74) is 3.03. The van der Waals surface area contributed by atoms with Gasteiger partial charge in [-0.15, -0.1) is 0 Å². The van der Waals surface area contributed by atoms with E-state index >= 15 is 0 Å². The van der Waals surface area contributed by atoms with E-state index in [4.69, 9.17) is 5.73 Å². The molecule has 0 spiro atoms. The molecule has 1 atom stereocenters. The molecule has 0 saturated heterocycles. The van der Waals surface area contributed by atoms with Gasteiger partial charge in [-0.1, -0.05) is 13.8 Å². The van der Waals surface area contributed by atoms with Crippen LogP contribution >= 0.6 is 0 Å². The SMILES string of the molecule is CC(C)C(N)Cc1cc(C(F)(F)F)cc(C(F)(F)F)c1. The van der Waals surface area contributed by atoms with E-state index in [-0.39, 0.29) is 24.0 Å². The summed E-state index contributed by atoms with van der Waals surface area (Å²) >= 11 is 0. The third-order valence-corrected chi connectivity index (χ3v) is 2.98. The van der Waals surface area contributed by atoms with Crippen LogP contribution < -0.4 is 5.73 Å². The average Bonchev–Trinajstić information content (AvgIpc) is 2.26. The van der Waals surface area contributed by atoms with E-state index in [9.17, 15) is 26.3 Å². The number of rotatable bonds is 3. The molecule has 0 saturated carbocycles. The number of benzene rings is 1. The molecule has 0 bridgehead atoms. The summed E-state index contributed by atoms with van der Waals surface area (Å²) in [6.07, 6.45) is -9.68. The van der Waals surface area contributed by atoms with Crippen LogP contribution in [0.3, 0.4) is 0 Å². The van der Waals surface area contributed by atoms with Gasteiger partial charge in [0.15, 0.2) is 0 Å². The minimum absolute atomic E-state index is 0.0370. The normalized spacial score (nSPS) is 14.7. The number of hydrogen-bond donors (Lipinski definition) is 1. The fourth-order valence-corrected chi connectivity index (χ4v) is 1.65. The lowest BCUT2D eigenvalue weighted by Gasteiger charge is -2.18. The molecule has 114 valence electrons. The fraction of sp³-hybridized carbons (Fsp3) is 0.538. The lowest BCUT2D eigenvalue weighted by Crippen LogP contribution is -2.29. The maximum atomic E-state index is 12.6. The lowest BCUT2D eigenvalue weighted by atomic mass is 9.94. The van der Waals surface area contributed by atoms with Crippen LogP contribution in [0.15, 0.2) is 18.2 Å². The third kappa shape index (κ3) is 4.40. The van der Waals surface area contributed by atoms with Gasteiger partial charge in [0.2, 0.25) is 0 Å². The second-order valence-electron chi connectivity index (χ2n) is 5.03. The Morgan fingerprint density at radius 2 is 1.30 bits per heavy atom. The molecule has 0 heterocycles. The lowest BCUT2D eigenvalue weighted by molar-refractivity contribution is -0.143. The minimum Gasteiger partial charge on any atom is -0.327 e. The van der Waals surface area contributed by atoms with Gasteiger partial charge in [0.25, 0.3) is 0 Å². The van der Waals surface area contributed by atoms with Crippen molar-refractivity contribution in [3.8, 4) is 0 Å². The van der Waals surface area contributed by atoms with Gasteiger partial charge >= 0.3 is 12.4 Å².